The van der Waals surface area contributed by atoms with Crippen LogP contribution in [0, 0.1) is 18.3 Å². The third kappa shape index (κ3) is 4.29. The van der Waals surface area contributed by atoms with Crippen molar-refractivity contribution in [3.8, 4) is 11.8 Å². The average Bonchev–Trinajstić information content (AvgIpc) is 3.14. The lowest BCUT2D eigenvalue weighted by atomic mass is 10.1. The van der Waals surface area contributed by atoms with Crippen molar-refractivity contribution in [3.05, 3.63) is 82.7 Å². The van der Waals surface area contributed by atoms with Crippen LogP contribution in [0.3, 0.4) is 0 Å². The zero-order valence-corrected chi connectivity index (χ0v) is 15.7. The van der Waals surface area contributed by atoms with Crippen molar-refractivity contribution in [3.63, 3.8) is 0 Å². The first-order valence-electron chi connectivity index (χ1n) is 8.74. The van der Waals surface area contributed by atoms with Crippen LogP contribution in [0.15, 0.2) is 54.7 Å². The lowest BCUT2D eigenvalue weighted by molar-refractivity contribution is -0.143. The Morgan fingerprint density at radius 3 is 2.31 bits per heavy atom. The minimum Gasteiger partial charge on any atom is -0.345 e. The maximum absolute atomic E-state index is 13.7. The van der Waals surface area contributed by atoms with Crippen LogP contribution >= 0.6 is 0 Å². The van der Waals surface area contributed by atoms with E-state index in [0.29, 0.717) is 11.1 Å². The number of nitrogens with one attached hydrogen (secondary N) is 1. The Bertz CT molecular complexity index is 1060. The molecule has 1 N–H and O–H groups in total. The Morgan fingerprint density at radius 2 is 1.76 bits per heavy atom. The smallest absolute Gasteiger partial charge is 0.345 e. The first-order valence-corrected chi connectivity index (χ1v) is 8.74. The van der Waals surface area contributed by atoms with Gasteiger partial charge in [-0.05, 0) is 43.7 Å². The van der Waals surface area contributed by atoms with Crippen LogP contribution in [-0.2, 0) is 6.18 Å². The van der Waals surface area contributed by atoms with Gasteiger partial charge in [-0.1, -0.05) is 29.8 Å². The zero-order chi connectivity index (χ0) is 21.2. The van der Waals surface area contributed by atoms with E-state index in [1.165, 1.54) is 12.1 Å². The highest BCUT2D eigenvalue weighted by Crippen LogP contribution is 2.34. The summed E-state index contributed by atoms with van der Waals surface area (Å²) in [4.78, 5) is 12.6. The van der Waals surface area contributed by atoms with Gasteiger partial charge in [0.25, 0.3) is 5.91 Å². The molecule has 148 valence electrons. The van der Waals surface area contributed by atoms with E-state index in [-0.39, 0.29) is 5.69 Å². The monoisotopic (exact) mass is 398 g/mol. The number of aromatic nitrogens is 2. The number of rotatable bonds is 4. The molecule has 2 aromatic carbocycles. The number of aryl methyl sites for hydroxylation is 1. The lowest BCUT2D eigenvalue weighted by Gasteiger charge is -2.16. The van der Waals surface area contributed by atoms with Gasteiger partial charge in [0.05, 0.1) is 35.1 Å². The molecule has 3 aromatic rings. The summed E-state index contributed by atoms with van der Waals surface area (Å²) in [5.41, 5.74) is 0.526. The number of alkyl halides is 3. The number of carbonyl (C=O) groups excluding carboxylic acids is 1. The maximum Gasteiger partial charge on any atom is 0.434 e. The molecule has 0 aliphatic carbocycles. The van der Waals surface area contributed by atoms with E-state index in [2.05, 4.69) is 10.4 Å². The number of amides is 1. The summed E-state index contributed by atoms with van der Waals surface area (Å²) in [7, 11) is 0. The van der Waals surface area contributed by atoms with Gasteiger partial charge in [-0.15, -0.1) is 0 Å². The number of hydrogen-bond donors (Lipinski definition) is 1. The van der Waals surface area contributed by atoms with Crippen LogP contribution in [0.25, 0.3) is 5.69 Å². The van der Waals surface area contributed by atoms with E-state index in [1.54, 1.807) is 43.3 Å². The second kappa shape index (κ2) is 7.80. The fraction of sp³-hybridized carbons (Fsp3) is 0.190. The molecule has 1 aromatic heterocycles. The van der Waals surface area contributed by atoms with Gasteiger partial charge in [0, 0.05) is 0 Å². The molecular weight excluding hydrogens is 381 g/mol. The standard InChI is InChI=1S/C21H17F3N4O/c1-13-3-9-17(10-4-13)28-19(21(22,23)24)18(12-26-28)20(29)27-14(2)16-7-5-15(11-25)6-8-16/h3-10,12,14H,1-2H3,(H,27,29). The minimum absolute atomic E-state index is 0.210. The Hall–Kier alpha value is -3.60. The molecule has 1 unspecified atom stereocenters. The van der Waals surface area contributed by atoms with Crippen molar-refractivity contribution in [2.24, 2.45) is 0 Å². The van der Waals surface area contributed by atoms with E-state index in [0.717, 1.165) is 16.4 Å². The predicted octanol–water partition coefficient (Wildman–Crippen LogP) is 4.56. The summed E-state index contributed by atoms with van der Waals surface area (Å²) in [6.07, 6.45) is -3.85. The molecule has 0 spiro atoms. The van der Waals surface area contributed by atoms with Gasteiger partial charge < -0.3 is 5.32 Å². The molecule has 0 saturated carbocycles. The van der Waals surface area contributed by atoms with Crippen molar-refractivity contribution in [1.29, 1.82) is 5.26 Å². The summed E-state index contributed by atoms with van der Waals surface area (Å²) >= 11 is 0. The molecule has 3 rings (SSSR count). The second-order valence-electron chi connectivity index (χ2n) is 6.58. The molecule has 0 aliphatic heterocycles. The summed E-state index contributed by atoms with van der Waals surface area (Å²) in [5, 5.41) is 15.2. The Labute approximate surface area is 165 Å². The van der Waals surface area contributed by atoms with E-state index in [9.17, 15) is 18.0 Å². The first kappa shape index (κ1) is 20.1. The van der Waals surface area contributed by atoms with Crippen LogP contribution in [0.2, 0.25) is 0 Å². The largest absolute Gasteiger partial charge is 0.434 e. The Balaban J connectivity index is 1.92. The maximum atomic E-state index is 13.7. The third-order valence-electron chi connectivity index (χ3n) is 4.45. The van der Waals surface area contributed by atoms with Gasteiger partial charge in [0.15, 0.2) is 5.69 Å². The highest BCUT2D eigenvalue weighted by atomic mass is 19.4. The number of carbonyl (C=O) groups is 1. The lowest BCUT2D eigenvalue weighted by Crippen LogP contribution is -2.29. The molecule has 0 saturated heterocycles. The van der Waals surface area contributed by atoms with E-state index in [4.69, 9.17) is 5.26 Å². The van der Waals surface area contributed by atoms with Crippen molar-refractivity contribution < 1.29 is 18.0 Å². The SMILES string of the molecule is Cc1ccc(-n2ncc(C(=O)NC(C)c3ccc(C#N)cc3)c2C(F)(F)F)cc1. The summed E-state index contributed by atoms with van der Waals surface area (Å²) < 4.78 is 41.9. The summed E-state index contributed by atoms with van der Waals surface area (Å²) in [6, 6.07) is 14.2. The van der Waals surface area contributed by atoms with Crippen molar-refractivity contribution in [1.82, 2.24) is 15.1 Å². The van der Waals surface area contributed by atoms with E-state index < -0.39 is 29.4 Å². The summed E-state index contributed by atoms with van der Waals surface area (Å²) in [5.74, 6) is -0.882. The Morgan fingerprint density at radius 1 is 1.14 bits per heavy atom. The van der Waals surface area contributed by atoms with Gasteiger partial charge in [-0.3, -0.25) is 4.79 Å². The quantitative estimate of drug-likeness (QED) is 0.700. The van der Waals surface area contributed by atoms with Gasteiger partial charge in [-0.2, -0.15) is 23.5 Å². The fourth-order valence-corrected chi connectivity index (χ4v) is 2.87. The van der Waals surface area contributed by atoms with Gasteiger partial charge >= 0.3 is 6.18 Å². The molecule has 1 amide bonds. The van der Waals surface area contributed by atoms with Crippen molar-refractivity contribution >= 4 is 5.91 Å². The fourth-order valence-electron chi connectivity index (χ4n) is 2.87. The van der Waals surface area contributed by atoms with Crippen LogP contribution in [0.4, 0.5) is 13.2 Å². The minimum atomic E-state index is -4.77. The topological polar surface area (TPSA) is 70.7 Å². The van der Waals surface area contributed by atoms with Gasteiger partial charge in [0.2, 0.25) is 0 Å². The second-order valence-corrected chi connectivity index (χ2v) is 6.58. The molecule has 8 heteroatoms. The number of nitriles is 1. The van der Waals surface area contributed by atoms with E-state index >= 15 is 0 Å². The van der Waals surface area contributed by atoms with E-state index in [1.807, 2.05) is 13.0 Å². The first-order chi connectivity index (χ1) is 13.7. The van der Waals surface area contributed by atoms with Crippen LogP contribution in [0.1, 0.15) is 45.7 Å². The molecule has 29 heavy (non-hydrogen) atoms. The number of benzene rings is 2. The molecular formula is C21H17F3N4O. The average molecular weight is 398 g/mol. The van der Waals surface area contributed by atoms with Gasteiger partial charge in [0.1, 0.15) is 0 Å². The summed E-state index contributed by atoms with van der Waals surface area (Å²) in [6.45, 7) is 3.47. The van der Waals surface area contributed by atoms with Crippen molar-refractivity contribution in [2.45, 2.75) is 26.1 Å². The number of halogens is 3. The highest BCUT2D eigenvalue weighted by Gasteiger charge is 2.40. The zero-order valence-electron chi connectivity index (χ0n) is 15.7. The predicted molar refractivity (Wildman–Crippen MR) is 100 cm³/mol. The van der Waals surface area contributed by atoms with Gasteiger partial charge in [-0.25, -0.2) is 4.68 Å². The van der Waals surface area contributed by atoms with Crippen molar-refractivity contribution in [2.75, 3.05) is 0 Å². The number of hydrogen-bond acceptors (Lipinski definition) is 3. The van der Waals surface area contributed by atoms with Crippen LogP contribution in [-0.4, -0.2) is 15.7 Å². The molecule has 0 bridgehead atoms. The molecule has 1 heterocycles. The number of nitrogens with zero attached hydrogens (tertiary/aromatic N) is 3. The molecule has 0 aliphatic rings. The molecule has 1 atom stereocenters. The molecule has 0 radical (unpaired) electrons. The normalized spacial score (nSPS) is 12.3. The molecule has 0 fully saturated rings. The third-order valence-corrected chi connectivity index (χ3v) is 4.45. The highest BCUT2D eigenvalue weighted by molar-refractivity contribution is 5.95. The van der Waals surface area contributed by atoms with Crippen LogP contribution < -0.4 is 5.32 Å². The Kier molecular flexibility index (Phi) is 5.41. The van der Waals surface area contributed by atoms with Crippen LogP contribution in [0.5, 0.6) is 0 Å². The molecule has 5 nitrogen and oxygen atoms in total.